The van der Waals surface area contributed by atoms with Crippen molar-refractivity contribution in [2.75, 3.05) is 32.7 Å². The summed E-state index contributed by atoms with van der Waals surface area (Å²) in [4.78, 5) is 27.7. The minimum absolute atomic E-state index is 0. The lowest BCUT2D eigenvalue weighted by atomic mass is 10.1. The van der Waals surface area contributed by atoms with Crippen molar-refractivity contribution in [1.29, 1.82) is 0 Å². The van der Waals surface area contributed by atoms with E-state index in [2.05, 4.69) is 5.32 Å². The summed E-state index contributed by atoms with van der Waals surface area (Å²) in [6, 6.07) is 2.47. The van der Waals surface area contributed by atoms with Gasteiger partial charge in [-0.3, -0.25) is 9.59 Å². The van der Waals surface area contributed by atoms with Gasteiger partial charge in [0.25, 0.3) is 5.91 Å². The number of rotatable bonds is 2. The predicted octanol–water partition coefficient (Wildman–Crippen LogP) is 0.394. The number of halogens is 3. The number of carbonyl (C=O) groups excluding carboxylic acids is 2. The lowest BCUT2D eigenvalue weighted by Gasteiger charge is -2.36. The van der Waals surface area contributed by atoms with Crippen LogP contribution < -0.4 is 5.32 Å². The lowest BCUT2D eigenvalue weighted by molar-refractivity contribution is -0.134. The normalized spacial score (nSPS) is 23.3. The van der Waals surface area contributed by atoms with Crippen molar-refractivity contribution in [2.24, 2.45) is 0 Å². The summed E-state index contributed by atoms with van der Waals surface area (Å²) in [6.45, 7) is 1.68. The molecule has 2 atom stereocenters. The number of nitrogens with zero attached hydrogens (tertiary/aromatic N) is 2. The van der Waals surface area contributed by atoms with Crippen LogP contribution in [-0.4, -0.2) is 71.6 Å². The fourth-order valence-corrected chi connectivity index (χ4v) is 3.09. The van der Waals surface area contributed by atoms with Gasteiger partial charge in [-0.1, -0.05) is 0 Å². The maximum atomic E-state index is 13.7. The molecule has 2 N–H and O–H groups in total. The number of hydrogen-bond acceptors (Lipinski definition) is 4. The van der Waals surface area contributed by atoms with Crippen LogP contribution in [-0.2, 0) is 4.79 Å². The van der Waals surface area contributed by atoms with E-state index in [1.165, 1.54) is 4.90 Å². The fourth-order valence-electron chi connectivity index (χ4n) is 3.09. The Hall–Kier alpha value is -1.77. The van der Waals surface area contributed by atoms with Gasteiger partial charge in [-0.05, 0) is 18.6 Å². The third kappa shape index (κ3) is 4.26. The maximum Gasteiger partial charge on any atom is 0.256 e. The molecular weight excluding hydrogens is 356 g/mol. The van der Waals surface area contributed by atoms with Crippen molar-refractivity contribution < 1.29 is 23.5 Å². The molecule has 0 bridgehead atoms. The van der Waals surface area contributed by atoms with Gasteiger partial charge in [0.05, 0.1) is 17.7 Å². The van der Waals surface area contributed by atoms with E-state index in [4.69, 9.17) is 0 Å². The molecule has 138 valence electrons. The average Bonchev–Trinajstić information content (AvgIpc) is 3.00. The van der Waals surface area contributed by atoms with Gasteiger partial charge in [0.15, 0.2) is 0 Å². The molecule has 0 saturated carbocycles. The number of β-amino-alcohol motifs (C(OH)–C–C–N with tert-alkyl or cyclic N) is 1. The van der Waals surface area contributed by atoms with Gasteiger partial charge >= 0.3 is 0 Å². The molecule has 2 aliphatic rings. The van der Waals surface area contributed by atoms with Crippen LogP contribution in [0.15, 0.2) is 18.2 Å². The second-order valence-electron chi connectivity index (χ2n) is 6.09. The summed E-state index contributed by atoms with van der Waals surface area (Å²) < 4.78 is 26.7. The van der Waals surface area contributed by atoms with Gasteiger partial charge in [-0.2, -0.15) is 0 Å². The molecule has 0 radical (unpaired) electrons. The van der Waals surface area contributed by atoms with Crippen LogP contribution in [0.1, 0.15) is 16.8 Å². The Kier molecular flexibility index (Phi) is 6.31. The summed E-state index contributed by atoms with van der Waals surface area (Å²) in [5.41, 5.74) is -0.170. The molecule has 2 unspecified atom stereocenters. The fraction of sp³-hybridized carbons (Fsp3) is 0.500. The Morgan fingerprint density at radius 3 is 2.32 bits per heavy atom. The molecule has 0 aromatic heterocycles. The molecule has 1 aromatic rings. The van der Waals surface area contributed by atoms with Crippen LogP contribution in [0.5, 0.6) is 0 Å². The van der Waals surface area contributed by atoms with Crippen molar-refractivity contribution in [3.63, 3.8) is 0 Å². The SMILES string of the molecule is Cl.O=C(c1ccc(F)cc1F)N1CCN(C(=O)C2CC(O)CN2)CC1. The summed E-state index contributed by atoms with van der Waals surface area (Å²) in [5.74, 6) is -2.21. The molecule has 2 aliphatic heterocycles. The highest BCUT2D eigenvalue weighted by Gasteiger charge is 2.33. The quantitative estimate of drug-likeness (QED) is 0.784. The molecule has 2 fully saturated rings. The van der Waals surface area contributed by atoms with Gasteiger partial charge in [0.1, 0.15) is 11.6 Å². The second-order valence-corrected chi connectivity index (χ2v) is 6.09. The van der Waals surface area contributed by atoms with Crippen LogP contribution in [0.4, 0.5) is 8.78 Å². The van der Waals surface area contributed by atoms with Crippen LogP contribution >= 0.6 is 12.4 Å². The summed E-state index contributed by atoms with van der Waals surface area (Å²) in [6.07, 6.45) is -0.123. The van der Waals surface area contributed by atoms with E-state index in [-0.39, 0.29) is 37.0 Å². The molecule has 9 heteroatoms. The predicted molar refractivity (Wildman–Crippen MR) is 88.5 cm³/mol. The van der Waals surface area contributed by atoms with Crippen molar-refractivity contribution in [1.82, 2.24) is 15.1 Å². The average molecular weight is 376 g/mol. The monoisotopic (exact) mass is 375 g/mol. The number of amides is 2. The minimum Gasteiger partial charge on any atom is -0.392 e. The van der Waals surface area contributed by atoms with Gasteiger partial charge < -0.3 is 20.2 Å². The number of aliphatic hydroxyl groups is 1. The third-order valence-electron chi connectivity index (χ3n) is 4.45. The molecule has 2 heterocycles. The Morgan fingerprint density at radius 2 is 1.76 bits per heavy atom. The van der Waals surface area contributed by atoms with E-state index in [1.807, 2.05) is 0 Å². The topological polar surface area (TPSA) is 72.9 Å². The molecule has 0 spiro atoms. The first-order chi connectivity index (χ1) is 11.5. The van der Waals surface area contributed by atoms with Gasteiger partial charge in [0.2, 0.25) is 5.91 Å². The summed E-state index contributed by atoms with van der Waals surface area (Å²) in [7, 11) is 0. The highest BCUT2D eigenvalue weighted by Crippen LogP contribution is 2.16. The second kappa shape index (κ2) is 8.07. The molecular formula is C16H20ClF2N3O3. The molecule has 2 saturated heterocycles. The Bertz CT molecular complexity index is 654. The van der Waals surface area contributed by atoms with Crippen LogP contribution in [0.25, 0.3) is 0 Å². The highest BCUT2D eigenvalue weighted by molar-refractivity contribution is 5.94. The van der Waals surface area contributed by atoms with E-state index in [0.717, 1.165) is 12.1 Å². The van der Waals surface area contributed by atoms with E-state index < -0.39 is 29.7 Å². The zero-order valence-corrected chi connectivity index (χ0v) is 14.3. The maximum absolute atomic E-state index is 13.7. The van der Waals surface area contributed by atoms with Gasteiger partial charge in [-0.25, -0.2) is 8.78 Å². The van der Waals surface area contributed by atoms with Gasteiger partial charge in [-0.15, -0.1) is 12.4 Å². The number of hydrogen-bond donors (Lipinski definition) is 2. The first kappa shape index (κ1) is 19.6. The number of benzene rings is 1. The number of carbonyl (C=O) groups is 2. The summed E-state index contributed by atoms with van der Waals surface area (Å²) in [5, 5.41) is 12.5. The zero-order valence-electron chi connectivity index (χ0n) is 13.5. The standard InChI is InChI=1S/C16H19F2N3O3.ClH/c17-10-1-2-12(13(18)7-10)15(23)20-3-5-21(6-4-20)16(24)14-8-11(22)9-19-14;/h1-2,7,11,14,19,22H,3-6,8-9H2;1H. The van der Waals surface area contributed by atoms with Crippen molar-refractivity contribution in [3.8, 4) is 0 Å². The Balaban J connectivity index is 0.00000225. The van der Waals surface area contributed by atoms with Crippen molar-refractivity contribution >= 4 is 24.2 Å². The smallest absolute Gasteiger partial charge is 0.256 e. The van der Waals surface area contributed by atoms with E-state index in [0.29, 0.717) is 32.1 Å². The Morgan fingerprint density at radius 1 is 1.12 bits per heavy atom. The van der Waals surface area contributed by atoms with Crippen LogP contribution in [0.3, 0.4) is 0 Å². The van der Waals surface area contributed by atoms with E-state index in [1.54, 1.807) is 4.90 Å². The molecule has 2 amide bonds. The van der Waals surface area contributed by atoms with Crippen molar-refractivity contribution in [2.45, 2.75) is 18.6 Å². The lowest BCUT2D eigenvalue weighted by Crippen LogP contribution is -2.54. The molecule has 0 aliphatic carbocycles. The first-order valence-electron chi connectivity index (χ1n) is 7.90. The number of aliphatic hydroxyl groups excluding tert-OH is 1. The van der Waals surface area contributed by atoms with Gasteiger partial charge in [0, 0.05) is 38.8 Å². The number of piperazine rings is 1. The zero-order chi connectivity index (χ0) is 17.3. The minimum atomic E-state index is -0.886. The van der Waals surface area contributed by atoms with E-state index in [9.17, 15) is 23.5 Å². The molecule has 1 aromatic carbocycles. The summed E-state index contributed by atoms with van der Waals surface area (Å²) >= 11 is 0. The highest BCUT2D eigenvalue weighted by atomic mass is 35.5. The van der Waals surface area contributed by atoms with Crippen LogP contribution in [0, 0.1) is 11.6 Å². The first-order valence-corrected chi connectivity index (χ1v) is 7.90. The molecule has 25 heavy (non-hydrogen) atoms. The van der Waals surface area contributed by atoms with Crippen molar-refractivity contribution in [3.05, 3.63) is 35.4 Å². The number of nitrogens with one attached hydrogen (secondary N) is 1. The van der Waals surface area contributed by atoms with Crippen LogP contribution in [0.2, 0.25) is 0 Å². The Labute approximate surface area is 150 Å². The molecule has 6 nitrogen and oxygen atoms in total. The molecule has 3 rings (SSSR count). The van der Waals surface area contributed by atoms with E-state index >= 15 is 0 Å². The third-order valence-corrected chi connectivity index (χ3v) is 4.45. The largest absolute Gasteiger partial charge is 0.392 e.